The van der Waals surface area contributed by atoms with E-state index in [-0.39, 0.29) is 6.54 Å². The fraction of sp³-hybridized carbons (Fsp3) is 0.333. The van der Waals surface area contributed by atoms with Crippen LogP contribution in [0.5, 0.6) is 0 Å². The zero-order valence-corrected chi connectivity index (χ0v) is 17.9. The number of aromatic nitrogens is 3. The number of nitrogens with zero attached hydrogens (tertiary/aromatic N) is 4. The zero-order chi connectivity index (χ0) is 22.3. The van der Waals surface area contributed by atoms with Gasteiger partial charge in [-0.15, -0.1) is 0 Å². The van der Waals surface area contributed by atoms with Gasteiger partial charge in [-0.2, -0.15) is 0 Å². The van der Waals surface area contributed by atoms with Crippen molar-refractivity contribution in [3.63, 3.8) is 0 Å². The summed E-state index contributed by atoms with van der Waals surface area (Å²) in [5.41, 5.74) is 0.862. The first-order valence-corrected chi connectivity index (χ1v) is 10.9. The summed E-state index contributed by atoms with van der Waals surface area (Å²) in [6.07, 6.45) is 6.78. The van der Waals surface area contributed by atoms with Gasteiger partial charge < -0.3 is 10.2 Å². The number of nitrogens with one attached hydrogen (secondary N) is 1. The molecule has 166 valence electrons. The Hall–Kier alpha value is -3.68. The van der Waals surface area contributed by atoms with Crippen LogP contribution in [-0.4, -0.2) is 33.1 Å². The number of hydrogen-bond acceptors (Lipinski definition) is 5. The van der Waals surface area contributed by atoms with Crippen molar-refractivity contribution < 1.29 is 4.79 Å². The average molecular weight is 434 g/mol. The number of pyridine rings is 1. The molecule has 3 heterocycles. The Morgan fingerprint density at radius 1 is 0.969 bits per heavy atom. The molecule has 1 aliphatic rings. The molecule has 32 heavy (non-hydrogen) atoms. The van der Waals surface area contributed by atoms with E-state index in [4.69, 9.17) is 0 Å². The molecule has 4 rings (SSSR count). The molecule has 8 heteroatoms. The van der Waals surface area contributed by atoms with Crippen LogP contribution in [0.3, 0.4) is 0 Å². The molecule has 1 saturated heterocycles. The van der Waals surface area contributed by atoms with Crippen molar-refractivity contribution in [3.05, 3.63) is 92.9 Å². The van der Waals surface area contributed by atoms with Crippen LogP contribution >= 0.6 is 0 Å². The molecule has 0 bridgehead atoms. The van der Waals surface area contributed by atoms with Gasteiger partial charge in [0, 0.05) is 38.1 Å². The second kappa shape index (κ2) is 10.1. The molecule has 1 amide bonds. The minimum Gasteiger partial charge on any atom is -0.357 e. The largest absolute Gasteiger partial charge is 0.357 e. The first kappa shape index (κ1) is 21.5. The Kier molecular flexibility index (Phi) is 6.79. The number of amides is 1. The van der Waals surface area contributed by atoms with Crippen molar-refractivity contribution in [2.45, 2.75) is 38.9 Å². The van der Waals surface area contributed by atoms with Crippen molar-refractivity contribution in [1.82, 2.24) is 19.4 Å². The maximum absolute atomic E-state index is 12.8. The van der Waals surface area contributed by atoms with Gasteiger partial charge in [0.15, 0.2) is 0 Å². The van der Waals surface area contributed by atoms with E-state index in [9.17, 15) is 14.4 Å². The quantitative estimate of drug-likeness (QED) is 0.613. The summed E-state index contributed by atoms with van der Waals surface area (Å²) in [4.78, 5) is 44.2. The van der Waals surface area contributed by atoms with Crippen LogP contribution in [0, 0.1) is 0 Å². The normalized spacial score (nSPS) is 13.7. The molecule has 0 atom stereocenters. The molecular formula is C24H27N5O3. The van der Waals surface area contributed by atoms with E-state index in [0.717, 1.165) is 47.4 Å². The smallest absolute Gasteiger partial charge is 0.331 e. The van der Waals surface area contributed by atoms with Crippen LogP contribution < -0.4 is 21.5 Å². The lowest BCUT2D eigenvalue weighted by Crippen LogP contribution is -2.43. The van der Waals surface area contributed by atoms with Gasteiger partial charge in [-0.1, -0.05) is 30.3 Å². The molecule has 0 saturated carbocycles. The first-order valence-electron chi connectivity index (χ1n) is 10.9. The predicted molar refractivity (Wildman–Crippen MR) is 123 cm³/mol. The van der Waals surface area contributed by atoms with E-state index in [1.807, 2.05) is 42.5 Å². The van der Waals surface area contributed by atoms with Gasteiger partial charge in [0.2, 0.25) is 5.91 Å². The number of hydrogen-bond donors (Lipinski definition) is 1. The highest BCUT2D eigenvalue weighted by Gasteiger charge is 2.13. The molecule has 1 fully saturated rings. The molecule has 1 N–H and O–H groups in total. The van der Waals surface area contributed by atoms with Gasteiger partial charge in [-0.3, -0.25) is 18.7 Å². The molecule has 1 aliphatic heterocycles. The topological polar surface area (TPSA) is 89.2 Å². The number of carbonyl (C=O) groups excluding carboxylic acids is 1. The standard InChI is InChI=1S/C24H27N5O3/c30-22(26-16-20-9-11-25-21(15-20)27-12-5-2-6-13-27)18-29-23(31)10-14-28(24(29)32)17-19-7-3-1-4-8-19/h1,3-4,7-11,14-15H,2,5-6,12-13,16-18H2,(H,26,30). The fourth-order valence-corrected chi connectivity index (χ4v) is 3.87. The Morgan fingerprint density at radius 3 is 2.53 bits per heavy atom. The minimum atomic E-state index is -0.507. The van der Waals surface area contributed by atoms with Crippen molar-refractivity contribution >= 4 is 11.7 Å². The molecule has 0 aliphatic carbocycles. The lowest BCUT2D eigenvalue weighted by atomic mass is 10.1. The van der Waals surface area contributed by atoms with Crippen LogP contribution in [0.1, 0.15) is 30.4 Å². The third-order valence-corrected chi connectivity index (χ3v) is 5.62. The summed E-state index contributed by atoms with van der Waals surface area (Å²) >= 11 is 0. The lowest BCUT2D eigenvalue weighted by molar-refractivity contribution is -0.121. The second-order valence-corrected chi connectivity index (χ2v) is 7.98. The van der Waals surface area contributed by atoms with Crippen LogP contribution in [0.25, 0.3) is 0 Å². The maximum atomic E-state index is 12.8. The third kappa shape index (κ3) is 5.32. The SMILES string of the molecule is O=C(Cn1c(=O)ccn(Cc2ccccc2)c1=O)NCc1ccnc(N2CCCCC2)c1. The highest BCUT2D eigenvalue weighted by Crippen LogP contribution is 2.18. The number of anilines is 1. The Bertz CT molecular complexity index is 1180. The number of benzene rings is 1. The van der Waals surface area contributed by atoms with Crippen LogP contribution in [0.4, 0.5) is 5.82 Å². The van der Waals surface area contributed by atoms with Crippen LogP contribution in [-0.2, 0) is 24.4 Å². The summed E-state index contributed by atoms with van der Waals surface area (Å²) in [5.74, 6) is 0.525. The molecule has 2 aromatic heterocycles. The monoisotopic (exact) mass is 433 g/mol. The molecule has 3 aromatic rings. The van der Waals surface area contributed by atoms with Gasteiger partial charge >= 0.3 is 5.69 Å². The first-order chi connectivity index (χ1) is 15.6. The van der Waals surface area contributed by atoms with Gasteiger partial charge in [-0.05, 0) is 42.5 Å². The van der Waals surface area contributed by atoms with Gasteiger partial charge in [0.1, 0.15) is 12.4 Å². The van der Waals surface area contributed by atoms with Crippen molar-refractivity contribution in [3.8, 4) is 0 Å². The Labute approximate surface area is 186 Å². The van der Waals surface area contributed by atoms with Gasteiger partial charge in [0.05, 0.1) is 6.54 Å². The lowest BCUT2D eigenvalue weighted by Gasteiger charge is -2.27. The number of piperidine rings is 1. The molecular weight excluding hydrogens is 406 g/mol. The highest BCUT2D eigenvalue weighted by atomic mass is 16.2. The van der Waals surface area contributed by atoms with Gasteiger partial charge in [0.25, 0.3) is 5.56 Å². The zero-order valence-electron chi connectivity index (χ0n) is 17.9. The Balaban J connectivity index is 1.40. The molecule has 0 radical (unpaired) electrons. The highest BCUT2D eigenvalue weighted by molar-refractivity contribution is 5.75. The van der Waals surface area contributed by atoms with E-state index in [0.29, 0.717) is 13.1 Å². The average Bonchev–Trinajstić information content (AvgIpc) is 2.84. The second-order valence-electron chi connectivity index (χ2n) is 7.98. The van der Waals surface area contributed by atoms with E-state index in [1.54, 1.807) is 6.20 Å². The molecule has 8 nitrogen and oxygen atoms in total. The van der Waals surface area contributed by atoms with E-state index in [1.165, 1.54) is 23.3 Å². The van der Waals surface area contributed by atoms with E-state index in [2.05, 4.69) is 15.2 Å². The maximum Gasteiger partial charge on any atom is 0.331 e. The number of rotatable bonds is 7. The molecule has 1 aromatic carbocycles. The summed E-state index contributed by atoms with van der Waals surface area (Å²) in [7, 11) is 0. The summed E-state index contributed by atoms with van der Waals surface area (Å²) in [6.45, 7) is 2.31. The van der Waals surface area contributed by atoms with Crippen LogP contribution in [0.15, 0.2) is 70.5 Å². The minimum absolute atomic E-state index is 0.308. The van der Waals surface area contributed by atoms with Crippen molar-refractivity contribution in [2.75, 3.05) is 18.0 Å². The molecule has 0 spiro atoms. The fourth-order valence-electron chi connectivity index (χ4n) is 3.87. The Morgan fingerprint density at radius 2 is 1.75 bits per heavy atom. The summed E-state index contributed by atoms with van der Waals surface area (Å²) in [6, 6.07) is 14.6. The predicted octanol–water partition coefficient (Wildman–Crippen LogP) is 1.76. The summed E-state index contributed by atoms with van der Waals surface area (Å²) < 4.78 is 2.39. The van der Waals surface area contributed by atoms with Crippen molar-refractivity contribution in [2.24, 2.45) is 0 Å². The third-order valence-electron chi connectivity index (χ3n) is 5.62. The van der Waals surface area contributed by atoms with Gasteiger partial charge in [-0.25, -0.2) is 9.78 Å². The molecule has 0 unspecified atom stereocenters. The van der Waals surface area contributed by atoms with E-state index < -0.39 is 17.2 Å². The van der Waals surface area contributed by atoms with E-state index >= 15 is 0 Å². The number of carbonyl (C=O) groups is 1. The van der Waals surface area contributed by atoms with Crippen molar-refractivity contribution in [1.29, 1.82) is 0 Å². The van der Waals surface area contributed by atoms with Crippen LogP contribution in [0.2, 0.25) is 0 Å². The summed E-state index contributed by atoms with van der Waals surface area (Å²) in [5, 5.41) is 2.81.